The van der Waals surface area contributed by atoms with Gasteiger partial charge in [-0.3, -0.25) is 0 Å². The van der Waals surface area contributed by atoms with Crippen LogP contribution >= 0.6 is 0 Å². The summed E-state index contributed by atoms with van der Waals surface area (Å²) in [5, 5.41) is 6.49. The molecule has 0 aromatic heterocycles. The molecule has 441 valence electrons. The topological polar surface area (TPSA) is 0 Å². The van der Waals surface area contributed by atoms with Crippen LogP contribution in [0, 0.1) is 15.5 Å². The Bertz CT molecular complexity index is 1010. The molecule has 0 aromatic rings. The monoisotopic (exact) mass is 1160 g/mol. The summed E-state index contributed by atoms with van der Waals surface area (Å²) in [7, 11) is -9.14. The van der Waals surface area contributed by atoms with Gasteiger partial charge in [0.2, 0.25) is 0 Å². The van der Waals surface area contributed by atoms with E-state index < -0.39 is 48.4 Å². The maximum Gasteiger partial charge on any atom is 3.00 e. The molecule has 0 rings (SSSR count). The zero-order valence-corrected chi connectivity index (χ0v) is 65.8. The van der Waals surface area contributed by atoms with Crippen molar-refractivity contribution < 1.29 is 17.4 Å². The van der Waals surface area contributed by atoms with Crippen LogP contribution < -0.4 is 0 Å². The summed E-state index contributed by atoms with van der Waals surface area (Å²) in [5.74, 6) is 0. The fourth-order valence-electron chi connectivity index (χ4n) is 21.4. The van der Waals surface area contributed by atoms with Crippen molar-refractivity contribution in [3.63, 3.8) is 0 Å². The van der Waals surface area contributed by atoms with Crippen molar-refractivity contribution in [2.45, 2.75) is 408 Å². The van der Waals surface area contributed by atoms with E-state index in [9.17, 15) is 0 Å². The zero-order chi connectivity index (χ0) is 58.4. The SMILES string of the molecule is CCC[C-]([Si](C(C)C)(C(C)C)C(C)C)[Si](C(C)C)(C(C)C)C(C)C.CCC[C-]([Si](C(C)C)(C(C)C)C(C)C)[Si](C(C)C)(C(C)C)C(C)C.CCC[C-]([Si](C(C)C)(C(C)C)C(C)C)[Si](C(C)C)(C(C)C)C(C)C.[Cr+3]. The van der Waals surface area contributed by atoms with E-state index in [0.29, 0.717) is 0 Å². The van der Waals surface area contributed by atoms with E-state index in [0.717, 1.165) is 99.7 Å². The van der Waals surface area contributed by atoms with Crippen LogP contribution in [0.2, 0.25) is 99.7 Å². The summed E-state index contributed by atoms with van der Waals surface area (Å²) in [6.07, 6.45) is 8.20. The fraction of sp³-hybridized carbons (Fsp3) is 0.955. The molecule has 73 heavy (non-hydrogen) atoms. The van der Waals surface area contributed by atoms with Crippen LogP contribution in [-0.2, 0) is 17.4 Å². The second kappa shape index (κ2) is 34.3. The molecule has 0 spiro atoms. The Kier molecular flexibility index (Phi) is 38.2. The minimum absolute atomic E-state index is 0. The molecule has 0 aromatic carbocycles. The molecule has 0 saturated heterocycles. The number of hydrogen-bond acceptors (Lipinski definition) is 0. The van der Waals surface area contributed by atoms with E-state index in [1.807, 2.05) is 0 Å². The van der Waals surface area contributed by atoms with Crippen LogP contribution in [0.25, 0.3) is 0 Å². The Morgan fingerprint density at radius 3 is 0.288 bits per heavy atom. The van der Waals surface area contributed by atoms with Crippen molar-refractivity contribution in [3.8, 4) is 0 Å². The minimum atomic E-state index is -1.52. The molecule has 0 nitrogen and oxygen atoms in total. The Hall–Kier alpha value is 1.83. The van der Waals surface area contributed by atoms with Gasteiger partial charge in [-0.05, 0) is 0 Å². The molecular formula is C66H147CrSi6. The molecule has 0 N–H and O–H groups in total. The number of hydrogen-bond donors (Lipinski definition) is 0. The van der Waals surface area contributed by atoms with Crippen molar-refractivity contribution in [3.05, 3.63) is 15.5 Å². The van der Waals surface area contributed by atoms with Gasteiger partial charge >= 0.3 is 17.4 Å². The van der Waals surface area contributed by atoms with Gasteiger partial charge in [-0.2, -0.15) is 19.3 Å². The molecule has 1 radical (unpaired) electrons. The van der Waals surface area contributed by atoms with E-state index >= 15 is 0 Å². The summed E-state index contributed by atoms with van der Waals surface area (Å²) in [4.78, 5) is 0. The Balaban J connectivity index is -0.000000486. The van der Waals surface area contributed by atoms with Crippen molar-refractivity contribution in [1.82, 2.24) is 0 Å². The molecule has 0 aliphatic carbocycles. The van der Waals surface area contributed by atoms with Crippen molar-refractivity contribution in [1.29, 1.82) is 0 Å². The molecule has 0 bridgehead atoms. The largest absolute Gasteiger partial charge is 3.00 e. The van der Waals surface area contributed by atoms with E-state index in [-0.39, 0.29) is 17.4 Å². The maximum absolute atomic E-state index is 2.56. The van der Waals surface area contributed by atoms with Crippen molar-refractivity contribution in [2.24, 2.45) is 0 Å². The molecule has 7 heteroatoms. The van der Waals surface area contributed by atoms with E-state index in [1.54, 1.807) is 0 Å². The summed E-state index contributed by atoms with van der Waals surface area (Å²) < 4.78 is 0. The Morgan fingerprint density at radius 1 is 0.178 bits per heavy atom. The Labute approximate surface area is 486 Å². The van der Waals surface area contributed by atoms with Crippen molar-refractivity contribution in [2.75, 3.05) is 0 Å². The average molecular weight is 1160 g/mol. The molecule has 0 aliphatic heterocycles. The average Bonchev–Trinajstić information content (AvgIpc) is 3.17. The third-order valence-corrected chi connectivity index (χ3v) is 71.8. The van der Waals surface area contributed by atoms with Crippen LogP contribution in [-0.4, -0.2) is 48.4 Å². The van der Waals surface area contributed by atoms with E-state index in [1.165, 1.54) is 38.5 Å². The predicted octanol–water partition coefficient (Wildman–Crippen LogP) is 26.4. The van der Waals surface area contributed by atoms with Gasteiger partial charge in [0.1, 0.15) is 0 Å². The smallest absolute Gasteiger partial charge is 0.309 e. The second-order valence-electron chi connectivity index (χ2n) is 30.1. The van der Waals surface area contributed by atoms with Gasteiger partial charge in [-0.15, -0.1) is 0 Å². The summed E-state index contributed by atoms with van der Waals surface area (Å²) in [6, 6.07) is 0. The Morgan fingerprint density at radius 2 is 0.247 bits per heavy atom. The van der Waals surface area contributed by atoms with Gasteiger partial charge in [0.15, 0.2) is 0 Å². The van der Waals surface area contributed by atoms with Gasteiger partial charge < -0.3 is 15.5 Å². The molecule has 0 heterocycles. The van der Waals surface area contributed by atoms with Crippen LogP contribution in [0.4, 0.5) is 0 Å². The van der Waals surface area contributed by atoms with Gasteiger partial charge in [-0.1, -0.05) is 437 Å². The summed E-state index contributed by atoms with van der Waals surface area (Å²) in [5.41, 5.74) is 15.3. The van der Waals surface area contributed by atoms with Gasteiger partial charge in [-0.25, -0.2) is 0 Å². The summed E-state index contributed by atoms with van der Waals surface area (Å²) in [6.45, 7) is 99.3. The van der Waals surface area contributed by atoms with E-state index in [2.05, 4.69) is 286 Å². The first kappa shape index (κ1) is 81.3. The third-order valence-electron chi connectivity index (χ3n) is 21.8. The number of rotatable bonds is 30. The molecule has 0 saturated carbocycles. The minimum Gasteiger partial charge on any atom is -0.309 e. The van der Waals surface area contributed by atoms with Crippen molar-refractivity contribution >= 4 is 48.4 Å². The molecule has 0 amide bonds. The first-order valence-electron chi connectivity index (χ1n) is 32.2. The first-order chi connectivity index (χ1) is 32.6. The maximum atomic E-state index is 2.56. The summed E-state index contributed by atoms with van der Waals surface area (Å²) >= 11 is 0. The van der Waals surface area contributed by atoms with Gasteiger partial charge in [0.25, 0.3) is 0 Å². The standard InChI is InChI=1S/3C22H49Si2.Cr/c3*1-14-15-22(23(16(2)3,17(4)5)18(6)7)24(19(8)9,20(10)11)21(12)13;/h3*16-21H,14-15H2,1-13H3;/q3*-1;+3. The second-order valence-corrected chi connectivity index (χ2v) is 67.2. The molecule has 0 aliphatic rings. The first-order valence-corrected chi connectivity index (χ1v) is 45.6. The molecule has 0 unspecified atom stereocenters. The molecule has 0 fully saturated rings. The molecular weight excluding hydrogens is 1010 g/mol. The van der Waals surface area contributed by atoms with Crippen LogP contribution in [0.15, 0.2) is 0 Å². The normalized spacial score (nSPS) is 14.3. The quantitative estimate of drug-likeness (QED) is 0.0497. The molecule has 0 atom stereocenters. The van der Waals surface area contributed by atoms with Crippen LogP contribution in [0.1, 0.15) is 309 Å². The van der Waals surface area contributed by atoms with Crippen LogP contribution in [0.3, 0.4) is 0 Å². The van der Waals surface area contributed by atoms with Crippen LogP contribution in [0.5, 0.6) is 0 Å². The van der Waals surface area contributed by atoms with E-state index in [4.69, 9.17) is 0 Å². The fourth-order valence-corrected chi connectivity index (χ4v) is 86.7. The van der Waals surface area contributed by atoms with Gasteiger partial charge in [0.05, 0.1) is 0 Å². The van der Waals surface area contributed by atoms with Gasteiger partial charge in [0, 0.05) is 0 Å². The predicted molar refractivity (Wildman–Crippen MR) is 361 cm³/mol. The third kappa shape index (κ3) is 15.9. The zero-order valence-electron chi connectivity index (χ0n) is 58.5.